The first-order valence-corrected chi connectivity index (χ1v) is 6.12. The molecule has 1 unspecified atom stereocenters. The lowest BCUT2D eigenvalue weighted by molar-refractivity contribution is 0.0285. The number of amides is 1. The van der Waals surface area contributed by atoms with Crippen LogP contribution in [0.1, 0.15) is 10.4 Å². The fourth-order valence-corrected chi connectivity index (χ4v) is 1.96. The minimum atomic E-state index is -0.140. The number of H-pyrrole nitrogens is 1. The van der Waals surface area contributed by atoms with Crippen LogP contribution in [-0.2, 0) is 9.47 Å². The maximum Gasteiger partial charge on any atom is 0.253 e. The van der Waals surface area contributed by atoms with Crippen LogP contribution in [0.4, 0.5) is 0 Å². The number of carbonyl (C=O) groups excluding carboxylic acids is 1. The van der Waals surface area contributed by atoms with Crippen molar-refractivity contribution in [1.29, 1.82) is 0 Å². The second-order valence-electron chi connectivity index (χ2n) is 4.27. The minimum Gasteiger partial charge on any atom is -0.382 e. The molecule has 102 valence electrons. The summed E-state index contributed by atoms with van der Waals surface area (Å²) in [6.07, 6.45) is 1.58. The number of carbonyl (C=O) groups is 1. The predicted octanol–water partition coefficient (Wildman–Crippen LogP) is 1.56. The first-order valence-electron chi connectivity index (χ1n) is 6.12. The summed E-state index contributed by atoms with van der Waals surface area (Å²) >= 11 is 0. The van der Waals surface area contributed by atoms with E-state index < -0.39 is 0 Å². The number of fused-ring (bicyclic) bond motifs is 1. The Balaban J connectivity index is 2.04. The zero-order chi connectivity index (χ0) is 13.7. The standard InChI is InChI=1S/C14H18N2O3/c1-18-9-10(19-2)7-16-14(17)12-8-15-13-6-4-3-5-11(12)13/h3-6,8,10,15H,7,9H2,1-2H3,(H,16,17). The Labute approximate surface area is 111 Å². The maximum atomic E-state index is 12.1. The highest BCUT2D eigenvalue weighted by atomic mass is 16.5. The molecule has 0 bridgehead atoms. The van der Waals surface area contributed by atoms with Gasteiger partial charge in [-0.05, 0) is 6.07 Å². The van der Waals surface area contributed by atoms with Crippen molar-refractivity contribution in [1.82, 2.24) is 10.3 Å². The van der Waals surface area contributed by atoms with Crippen molar-refractivity contribution in [2.24, 2.45) is 0 Å². The molecule has 0 aliphatic heterocycles. The van der Waals surface area contributed by atoms with Crippen LogP contribution in [0.3, 0.4) is 0 Å². The average molecular weight is 262 g/mol. The SMILES string of the molecule is COCC(CNC(=O)c1c[nH]c2ccccc12)OC. The van der Waals surface area contributed by atoms with Crippen molar-refractivity contribution in [3.63, 3.8) is 0 Å². The molecule has 0 fully saturated rings. The van der Waals surface area contributed by atoms with Gasteiger partial charge in [0.15, 0.2) is 0 Å². The summed E-state index contributed by atoms with van der Waals surface area (Å²) in [6, 6.07) is 7.70. The highest BCUT2D eigenvalue weighted by Crippen LogP contribution is 2.17. The maximum absolute atomic E-state index is 12.1. The molecule has 1 aromatic heterocycles. The van der Waals surface area contributed by atoms with Crippen LogP contribution in [0.2, 0.25) is 0 Å². The molecule has 0 saturated heterocycles. The summed E-state index contributed by atoms with van der Waals surface area (Å²) in [5.41, 5.74) is 1.59. The van der Waals surface area contributed by atoms with Crippen LogP contribution in [0.25, 0.3) is 10.9 Å². The van der Waals surface area contributed by atoms with Crippen LogP contribution < -0.4 is 5.32 Å². The lowest BCUT2D eigenvalue weighted by atomic mass is 10.1. The second kappa shape index (κ2) is 6.36. The Kier molecular flexibility index (Phi) is 4.54. The van der Waals surface area contributed by atoms with E-state index in [9.17, 15) is 4.79 Å². The Morgan fingerprint density at radius 1 is 1.37 bits per heavy atom. The molecule has 2 aromatic rings. The minimum absolute atomic E-state index is 0.115. The summed E-state index contributed by atoms with van der Waals surface area (Å²) in [5.74, 6) is -0.115. The van der Waals surface area contributed by atoms with Gasteiger partial charge < -0.3 is 19.8 Å². The first-order chi connectivity index (χ1) is 9.26. The van der Waals surface area contributed by atoms with Crippen molar-refractivity contribution < 1.29 is 14.3 Å². The van der Waals surface area contributed by atoms with Gasteiger partial charge >= 0.3 is 0 Å². The van der Waals surface area contributed by atoms with Crippen molar-refractivity contribution >= 4 is 16.8 Å². The number of hydrogen-bond donors (Lipinski definition) is 2. The van der Waals surface area contributed by atoms with Gasteiger partial charge in [0.2, 0.25) is 0 Å². The van der Waals surface area contributed by atoms with E-state index in [4.69, 9.17) is 9.47 Å². The van der Waals surface area contributed by atoms with E-state index in [1.165, 1.54) is 0 Å². The molecule has 0 saturated carbocycles. The van der Waals surface area contributed by atoms with Crippen LogP contribution in [0.5, 0.6) is 0 Å². The third kappa shape index (κ3) is 3.13. The molecular weight excluding hydrogens is 244 g/mol. The average Bonchev–Trinajstić information content (AvgIpc) is 2.87. The largest absolute Gasteiger partial charge is 0.382 e. The number of hydrogen-bond acceptors (Lipinski definition) is 3. The molecule has 1 aromatic carbocycles. The Bertz CT molecular complexity index is 550. The van der Waals surface area contributed by atoms with Crippen LogP contribution >= 0.6 is 0 Å². The van der Waals surface area contributed by atoms with Crippen LogP contribution in [-0.4, -0.2) is 44.4 Å². The van der Waals surface area contributed by atoms with E-state index >= 15 is 0 Å². The van der Waals surface area contributed by atoms with Crippen molar-refractivity contribution in [3.8, 4) is 0 Å². The monoisotopic (exact) mass is 262 g/mol. The van der Waals surface area contributed by atoms with Gasteiger partial charge in [-0.3, -0.25) is 4.79 Å². The zero-order valence-electron chi connectivity index (χ0n) is 11.1. The molecule has 0 spiro atoms. The molecule has 0 aliphatic carbocycles. The van der Waals surface area contributed by atoms with E-state index in [2.05, 4.69) is 10.3 Å². The summed E-state index contributed by atoms with van der Waals surface area (Å²) in [4.78, 5) is 15.2. The van der Waals surface area contributed by atoms with Crippen LogP contribution in [0.15, 0.2) is 30.5 Å². The van der Waals surface area contributed by atoms with Gasteiger partial charge in [0.1, 0.15) is 0 Å². The molecule has 1 amide bonds. The number of benzene rings is 1. The fraction of sp³-hybridized carbons (Fsp3) is 0.357. The van der Waals surface area contributed by atoms with E-state index in [1.54, 1.807) is 20.4 Å². The molecule has 2 rings (SSSR count). The van der Waals surface area contributed by atoms with Gasteiger partial charge in [0.25, 0.3) is 5.91 Å². The number of aromatic nitrogens is 1. The Hall–Kier alpha value is -1.85. The molecule has 0 radical (unpaired) electrons. The lowest BCUT2D eigenvalue weighted by Crippen LogP contribution is -2.35. The molecular formula is C14H18N2O3. The summed E-state index contributed by atoms with van der Waals surface area (Å²) in [5, 5.41) is 3.77. The van der Waals surface area contributed by atoms with E-state index in [0.717, 1.165) is 10.9 Å². The second-order valence-corrected chi connectivity index (χ2v) is 4.27. The Morgan fingerprint density at radius 3 is 2.89 bits per heavy atom. The normalized spacial score (nSPS) is 12.5. The molecule has 0 aliphatic rings. The molecule has 1 atom stereocenters. The zero-order valence-corrected chi connectivity index (χ0v) is 11.1. The highest BCUT2D eigenvalue weighted by Gasteiger charge is 2.13. The first kappa shape index (κ1) is 13.6. The quantitative estimate of drug-likeness (QED) is 0.830. The smallest absolute Gasteiger partial charge is 0.253 e. The van der Waals surface area contributed by atoms with Gasteiger partial charge in [0.05, 0.1) is 18.3 Å². The molecule has 2 N–H and O–H groups in total. The molecule has 1 heterocycles. The lowest BCUT2D eigenvalue weighted by Gasteiger charge is -2.14. The number of nitrogens with one attached hydrogen (secondary N) is 2. The molecule has 5 heteroatoms. The number of ether oxygens (including phenoxy) is 2. The topological polar surface area (TPSA) is 63.3 Å². The van der Waals surface area contributed by atoms with Gasteiger partial charge in [-0.2, -0.15) is 0 Å². The van der Waals surface area contributed by atoms with E-state index in [-0.39, 0.29) is 12.0 Å². The number of methoxy groups -OCH3 is 2. The van der Waals surface area contributed by atoms with Gasteiger partial charge in [-0.25, -0.2) is 0 Å². The third-order valence-electron chi connectivity index (χ3n) is 3.01. The third-order valence-corrected chi connectivity index (χ3v) is 3.01. The van der Waals surface area contributed by atoms with Gasteiger partial charge in [-0.15, -0.1) is 0 Å². The van der Waals surface area contributed by atoms with E-state index in [0.29, 0.717) is 18.7 Å². The van der Waals surface area contributed by atoms with Crippen LogP contribution in [0, 0.1) is 0 Å². The number of aromatic amines is 1. The van der Waals surface area contributed by atoms with Gasteiger partial charge in [-0.1, -0.05) is 18.2 Å². The Morgan fingerprint density at radius 2 is 2.16 bits per heavy atom. The molecule has 19 heavy (non-hydrogen) atoms. The number of rotatable bonds is 6. The fourth-order valence-electron chi connectivity index (χ4n) is 1.96. The van der Waals surface area contributed by atoms with Crippen molar-refractivity contribution in [2.45, 2.75) is 6.10 Å². The summed E-state index contributed by atoms with van der Waals surface area (Å²) in [6.45, 7) is 0.868. The summed E-state index contributed by atoms with van der Waals surface area (Å²) in [7, 11) is 3.20. The predicted molar refractivity (Wildman–Crippen MR) is 73.3 cm³/mol. The van der Waals surface area contributed by atoms with Crippen molar-refractivity contribution in [2.75, 3.05) is 27.4 Å². The van der Waals surface area contributed by atoms with E-state index in [1.807, 2.05) is 24.3 Å². The number of para-hydroxylation sites is 1. The van der Waals surface area contributed by atoms with Gasteiger partial charge in [0, 0.05) is 37.9 Å². The summed E-state index contributed by atoms with van der Waals surface area (Å²) < 4.78 is 10.2. The van der Waals surface area contributed by atoms with Crippen molar-refractivity contribution in [3.05, 3.63) is 36.0 Å². The molecule has 5 nitrogen and oxygen atoms in total. The highest BCUT2D eigenvalue weighted by molar-refractivity contribution is 6.06.